The van der Waals surface area contributed by atoms with E-state index in [0.717, 1.165) is 22.6 Å². The molecule has 2 atom stereocenters. The molecule has 30 heavy (non-hydrogen) atoms. The van der Waals surface area contributed by atoms with Crippen LogP contribution in [-0.2, 0) is 11.3 Å². The molecule has 6 nitrogen and oxygen atoms in total. The molecule has 4 rings (SSSR count). The molecule has 6 heteroatoms. The second-order valence-corrected chi connectivity index (χ2v) is 6.96. The zero-order valence-electron chi connectivity index (χ0n) is 16.9. The van der Waals surface area contributed by atoms with Crippen LogP contribution in [0.1, 0.15) is 17.2 Å². The first-order valence-corrected chi connectivity index (χ1v) is 9.75. The third-order valence-electron chi connectivity index (χ3n) is 5.12. The van der Waals surface area contributed by atoms with Crippen LogP contribution in [-0.4, -0.2) is 31.2 Å². The Kier molecular flexibility index (Phi) is 5.86. The maximum absolute atomic E-state index is 12.9. The fraction of sp³-hybridized carbons (Fsp3) is 0.208. The molecule has 0 saturated carbocycles. The van der Waals surface area contributed by atoms with E-state index in [1.54, 1.807) is 19.2 Å². The van der Waals surface area contributed by atoms with Crippen molar-refractivity contribution in [1.29, 1.82) is 0 Å². The molecule has 1 N–H and O–H groups in total. The predicted octanol–water partition coefficient (Wildman–Crippen LogP) is 3.74. The van der Waals surface area contributed by atoms with Crippen LogP contribution in [0.5, 0.6) is 17.2 Å². The van der Waals surface area contributed by atoms with Gasteiger partial charge in [-0.1, -0.05) is 42.5 Å². The lowest BCUT2D eigenvalue weighted by Gasteiger charge is -2.46. The lowest BCUT2D eigenvalue weighted by atomic mass is 9.92. The Balaban J connectivity index is 1.52. The van der Waals surface area contributed by atoms with Crippen molar-refractivity contribution in [2.75, 3.05) is 14.2 Å². The van der Waals surface area contributed by atoms with Gasteiger partial charge in [-0.25, -0.2) is 5.43 Å². The normalized spacial score (nSPS) is 17.9. The van der Waals surface area contributed by atoms with Crippen LogP contribution in [0, 0.1) is 0 Å². The average Bonchev–Trinajstić information content (AvgIpc) is 2.81. The van der Waals surface area contributed by atoms with Crippen LogP contribution < -0.4 is 19.6 Å². The highest BCUT2D eigenvalue weighted by Crippen LogP contribution is 2.37. The molecule has 1 fully saturated rings. The Bertz CT molecular complexity index is 974. The predicted molar refractivity (Wildman–Crippen MR) is 113 cm³/mol. The zero-order chi connectivity index (χ0) is 20.9. The molecule has 3 aromatic carbocycles. The summed E-state index contributed by atoms with van der Waals surface area (Å²) >= 11 is 0. The smallest absolute Gasteiger partial charge is 0.281 e. The Labute approximate surface area is 176 Å². The third kappa shape index (κ3) is 4.09. The Hall–Kier alpha value is -3.51. The molecule has 1 aliphatic heterocycles. The Morgan fingerprint density at radius 3 is 2.00 bits per heavy atom. The summed E-state index contributed by atoms with van der Waals surface area (Å²) in [6, 6.07) is 24.6. The minimum Gasteiger partial charge on any atom is -0.497 e. The van der Waals surface area contributed by atoms with Crippen molar-refractivity contribution in [2.45, 2.75) is 18.7 Å². The standard InChI is InChI=1S/C24H24N2O4/c1-28-19-12-8-17(9-13-19)16-25-26-22(18-10-14-20(29-2)15-11-18)23(24(26)27)30-21-6-4-3-5-7-21/h3-15,22-23,25H,16H2,1-2H3/t22-,23+/m1/s1. The summed E-state index contributed by atoms with van der Waals surface area (Å²) in [6.07, 6.45) is -0.593. The number of carbonyl (C=O) groups is 1. The quantitative estimate of drug-likeness (QED) is 0.580. The van der Waals surface area contributed by atoms with Gasteiger partial charge in [0.2, 0.25) is 6.10 Å². The lowest BCUT2D eigenvalue weighted by molar-refractivity contribution is -0.171. The van der Waals surface area contributed by atoms with Crippen LogP contribution in [0.4, 0.5) is 0 Å². The van der Waals surface area contributed by atoms with E-state index in [0.29, 0.717) is 12.3 Å². The topological polar surface area (TPSA) is 60.0 Å². The van der Waals surface area contributed by atoms with Crippen LogP contribution in [0.3, 0.4) is 0 Å². The van der Waals surface area contributed by atoms with E-state index in [9.17, 15) is 4.79 Å². The van der Waals surface area contributed by atoms with Gasteiger partial charge in [-0.05, 0) is 47.5 Å². The average molecular weight is 404 g/mol. The van der Waals surface area contributed by atoms with Crippen LogP contribution in [0.15, 0.2) is 78.9 Å². The molecule has 1 amide bonds. The first kappa shape index (κ1) is 19.8. The maximum Gasteiger partial charge on any atom is 0.281 e. The van der Waals surface area contributed by atoms with Crippen molar-refractivity contribution in [3.8, 4) is 17.2 Å². The number of rotatable bonds is 8. The van der Waals surface area contributed by atoms with Gasteiger partial charge in [0, 0.05) is 6.54 Å². The van der Waals surface area contributed by atoms with Gasteiger partial charge in [-0.15, -0.1) is 0 Å². The minimum atomic E-state index is -0.593. The molecule has 1 aliphatic rings. The number of β-lactam (4-membered cyclic amide) rings is 1. The molecule has 0 spiro atoms. The second kappa shape index (κ2) is 8.88. The molecule has 3 aromatic rings. The molecule has 0 aromatic heterocycles. The van der Waals surface area contributed by atoms with Crippen molar-refractivity contribution in [3.63, 3.8) is 0 Å². The highest BCUT2D eigenvalue weighted by Gasteiger charge is 2.50. The molecule has 154 valence electrons. The van der Waals surface area contributed by atoms with Gasteiger partial charge < -0.3 is 14.2 Å². The van der Waals surface area contributed by atoms with E-state index >= 15 is 0 Å². The van der Waals surface area contributed by atoms with E-state index in [-0.39, 0.29) is 11.9 Å². The number of hydrogen-bond acceptors (Lipinski definition) is 5. The van der Waals surface area contributed by atoms with E-state index in [4.69, 9.17) is 14.2 Å². The number of ether oxygens (including phenoxy) is 3. The summed E-state index contributed by atoms with van der Waals surface area (Å²) in [5, 5.41) is 1.64. The van der Waals surface area contributed by atoms with Crippen molar-refractivity contribution >= 4 is 5.91 Å². The monoisotopic (exact) mass is 404 g/mol. The fourth-order valence-corrected chi connectivity index (χ4v) is 3.44. The first-order chi connectivity index (χ1) is 14.7. The summed E-state index contributed by atoms with van der Waals surface area (Å²) in [4.78, 5) is 12.9. The highest BCUT2D eigenvalue weighted by molar-refractivity contribution is 5.88. The van der Waals surface area contributed by atoms with E-state index in [1.165, 1.54) is 0 Å². The van der Waals surface area contributed by atoms with Gasteiger partial charge in [-0.3, -0.25) is 9.80 Å². The number of methoxy groups -OCH3 is 2. The van der Waals surface area contributed by atoms with Gasteiger partial charge in [0.05, 0.1) is 14.2 Å². The molecule has 1 heterocycles. The number of amides is 1. The zero-order valence-corrected chi connectivity index (χ0v) is 16.9. The molecule has 0 aliphatic carbocycles. The molecule has 0 radical (unpaired) electrons. The summed E-state index contributed by atoms with van der Waals surface area (Å²) in [6.45, 7) is 0.514. The third-order valence-corrected chi connectivity index (χ3v) is 5.12. The summed E-state index contributed by atoms with van der Waals surface area (Å²) < 4.78 is 16.5. The first-order valence-electron chi connectivity index (χ1n) is 9.75. The fourth-order valence-electron chi connectivity index (χ4n) is 3.44. The lowest BCUT2D eigenvalue weighted by Crippen LogP contribution is -2.65. The molecule has 1 saturated heterocycles. The SMILES string of the molecule is COc1ccc(CNN2C(=O)[C@@H](Oc3ccccc3)[C@H]2c2ccc(OC)cc2)cc1. The van der Waals surface area contributed by atoms with Crippen LogP contribution >= 0.6 is 0 Å². The largest absolute Gasteiger partial charge is 0.497 e. The number of nitrogens with zero attached hydrogens (tertiary/aromatic N) is 1. The molecule has 0 bridgehead atoms. The second-order valence-electron chi connectivity index (χ2n) is 6.96. The maximum atomic E-state index is 12.9. The minimum absolute atomic E-state index is 0.104. The number of nitrogens with one attached hydrogen (secondary N) is 1. The van der Waals surface area contributed by atoms with Gasteiger partial charge in [0.1, 0.15) is 23.3 Å². The Morgan fingerprint density at radius 1 is 0.800 bits per heavy atom. The van der Waals surface area contributed by atoms with E-state index in [2.05, 4.69) is 5.43 Å². The van der Waals surface area contributed by atoms with Gasteiger partial charge in [0.15, 0.2) is 0 Å². The van der Waals surface area contributed by atoms with Crippen LogP contribution in [0.2, 0.25) is 0 Å². The molecule has 0 unspecified atom stereocenters. The number of hydrogen-bond donors (Lipinski definition) is 1. The van der Waals surface area contributed by atoms with Crippen molar-refractivity contribution in [2.24, 2.45) is 0 Å². The van der Waals surface area contributed by atoms with Gasteiger partial charge in [0.25, 0.3) is 5.91 Å². The van der Waals surface area contributed by atoms with Crippen molar-refractivity contribution < 1.29 is 19.0 Å². The van der Waals surface area contributed by atoms with Gasteiger partial charge >= 0.3 is 0 Å². The highest BCUT2D eigenvalue weighted by atomic mass is 16.5. The van der Waals surface area contributed by atoms with Gasteiger partial charge in [-0.2, -0.15) is 0 Å². The number of hydrazine groups is 1. The van der Waals surface area contributed by atoms with E-state index < -0.39 is 6.10 Å². The Morgan fingerprint density at radius 2 is 1.40 bits per heavy atom. The molecular formula is C24H24N2O4. The van der Waals surface area contributed by atoms with Crippen LogP contribution in [0.25, 0.3) is 0 Å². The summed E-state index contributed by atoms with van der Waals surface area (Å²) in [5.41, 5.74) is 5.26. The van der Waals surface area contributed by atoms with Crippen molar-refractivity contribution in [1.82, 2.24) is 10.4 Å². The summed E-state index contributed by atoms with van der Waals surface area (Å²) in [5.74, 6) is 2.13. The van der Waals surface area contributed by atoms with Crippen molar-refractivity contribution in [3.05, 3.63) is 90.0 Å². The summed E-state index contributed by atoms with van der Waals surface area (Å²) in [7, 11) is 3.27. The van der Waals surface area contributed by atoms with E-state index in [1.807, 2.05) is 78.9 Å². The number of carbonyl (C=O) groups excluding carboxylic acids is 1. The number of para-hydroxylation sites is 1. The molecular weight excluding hydrogens is 380 g/mol. The number of benzene rings is 3.